The summed E-state index contributed by atoms with van der Waals surface area (Å²) in [6.07, 6.45) is 4.51. The van der Waals surface area contributed by atoms with Crippen LogP contribution in [0, 0.1) is 6.92 Å². The van der Waals surface area contributed by atoms with E-state index in [-0.39, 0.29) is 5.92 Å². The minimum Gasteiger partial charge on any atom is -0.479 e. The molecule has 35 heavy (non-hydrogen) atoms. The van der Waals surface area contributed by atoms with Gasteiger partial charge >= 0.3 is 6.18 Å². The Kier molecular flexibility index (Phi) is 5.88. The molecule has 0 N–H and O–H groups in total. The van der Waals surface area contributed by atoms with Crippen molar-refractivity contribution in [3.63, 3.8) is 0 Å². The Labute approximate surface area is 199 Å². The lowest BCUT2D eigenvalue weighted by Gasteiger charge is -2.22. The zero-order valence-electron chi connectivity index (χ0n) is 19.2. The van der Waals surface area contributed by atoms with E-state index in [1.807, 2.05) is 34.5 Å². The average Bonchev–Trinajstić information content (AvgIpc) is 3.47. The van der Waals surface area contributed by atoms with E-state index in [0.29, 0.717) is 17.4 Å². The van der Waals surface area contributed by atoms with Gasteiger partial charge in [0.1, 0.15) is 11.5 Å². The molecular formula is C25H23F3N6O. The van der Waals surface area contributed by atoms with Crippen molar-refractivity contribution in [1.29, 1.82) is 0 Å². The lowest BCUT2D eigenvalue weighted by Crippen LogP contribution is -2.18. The van der Waals surface area contributed by atoms with Crippen LogP contribution < -0.4 is 4.74 Å². The maximum atomic E-state index is 12.9. The van der Waals surface area contributed by atoms with Gasteiger partial charge in [-0.2, -0.15) is 18.3 Å². The molecule has 0 spiro atoms. The Morgan fingerprint density at radius 2 is 1.86 bits per heavy atom. The van der Waals surface area contributed by atoms with Crippen LogP contribution in [0.2, 0.25) is 0 Å². The molecule has 5 rings (SSSR count). The normalized spacial score (nSPS) is 16.0. The fourth-order valence-corrected chi connectivity index (χ4v) is 4.26. The number of methoxy groups -OCH3 is 1. The van der Waals surface area contributed by atoms with Crippen molar-refractivity contribution in [2.24, 2.45) is 0 Å². The number of hydrogen-bond donors (Lipinski definition) is 0. The monoisotopic (exact) mass is 480 g/mol. The second kappa shape index (κ2) is 9.01. The van der Waals surface area contributed by atoms with Crippen molar-refractivity contribution in [1.82, 2.24) is 29.3 Å². The molecule has 0 radical (unpaired) electrons. The molecule has 0 amide bonds. The number of rotatable bonds is 5. The summed E-state index contributed by atoms with van der Waals surface area (Å²) in [5.74, 6) is 1.64. The summed E-state index contributed by atoms with van der Waals surface area (Å²) in [5, 5.41) is 4.58. The van der Waals surface area contributed by atoms with Gasteiger partial charge in [0.15, 0.2) is 5.82 Å². The van der Waals surface area contributed by atoms with Crippen LogP contribution in [0.1, 0.15) is 52.9 Å². The number of benzene rings is 1. The zero-order valence-corrected chi connectivity index (χ0v) is 19.2. The maximum Gasteiger partial charge on any atom is 0.416 e. The fraction of sp³-hybridized carbons (Fsp3) is 0.280. The van der Waals surface area contributed by atoms with E-state index in [4.69, 9.17) is 4.74 Å². The number of alkyl halides is 3. The molecule has 0 bridgehead atoms. The van der Waals surface area contributed by atoms with Crippen molar-refractivity contribution >= 4 is 12.2 Å². The summed E-state index contributed by atoms with van der Waals surface area (Å²) in [5.41, 5.74) is 2.49. The zero-order chi connectivity index (χ0) is 24.6. The molecule has 0 fully saturated rings. The van der Waals surface area contributed by atoms with Gasteiger partial charge in [-0.25, -0.2) is 19.6 Å². The van der Waals surface area contributed by atoms with Crippen LogP contribution in [0.15, 0.2) is 48.9 Å². The predicted molar refractivity (Wildman–Crippen MR) is 124 cm³/mol. The first kappa shape index (κ1) is 22.8. The van der Waals surface area contributed by atoms with E-state index in [0.717, 1.165) is 54.3 Å². The quantitative estimate of drug-likeness (QED) is 0.388. The lowest BCUT2D eigenvalue weighted by molar-refractivity contribution is -0.137. The summed E-state index contributed by atoms with van der Waals surface area (Å²) in [4.78, 5) is 13.5. The van der Waals surface area contributed by atoms with Crippen LogP contribution in [0.25, 0.3) is 17.8 Å². The van der Waals surface area contributed by atoms with Crippen molar-refractivity contribution in [3.05, 3.63) is 83.1 Å². The minimum atomic E-state index is -4.35. The summed E-state index contributed by atoms with van der Waals surface area (Å²) < 4.78 is 48.0. The summed E-state index contributed by atoms with van der Waals surface area (Å²) in [7, 11) is 1.56. The van der Waals surface area contributed by atoms with E-state index in [2.05, 4.69) is 20.1 Å². The number of fused-ring (bicyclic) bond motifs is 1. The first-order valence-electron chi connectivity index (χ1n) is 11.2. The highest BCUT2D eigenvalue weighted by Crippen LogP contribution is 2.35. The molecule has 7 nitrogen and oxygen atoms in total. The number of aryl methyl sites for hydroxylation is 2. The van der Waals surface area contributed by atoms with E-state index in [1.165, 1.54) is 12.1 Å². The summed E-state index contributed by atoms with van der Waals surface area (Å²) in [6.45, 7) is 2.63. The molecular weight excluding hydrogens is 457 g/mol. The van der Waals surface area contributed by atoms with Gasteiger partial charge in [-0.15, -0.1) is 0 Å². The van der Waals surface area contributed by atoms with E-state index < -0.39 is 11.7 Å². The van der Waals surface area contributed by atoms with Crippen LogP contribution in [-0.4, -0.2) is 36.4 Å². The van der Waals surface area contributed by atoms with Crippen LogP contribution in [0.4, 0.5) is 13.2 Å². The summed E-state index contributed by atoms with van der Waals surface area (Å²) >= 11 is 0. The molecule has 0 saturated carbocycles. The first-order valence-corrected chi connectivity index (χ1v) is 11.2. The third-order valence-corrected chi connectivity index (χ3v) is 5.98. The Morgan fingerprint density at radius 1 is 1.06 bits per heavy atom. The van der Waals surface area contributed by atoms with Crippen molar-refractivity contribution in [3.8, 4) is 11.6 Å². The van der Waals surface area contributed by atoms with Crippen LogP contribution in [0.5, 0.6) is 5.88 Å². The van der Waals surface area contributed by atoms with Crippen LogP contribution >= 0.6 is 0 Å². The van der Waals surface area contributed by atoms with Gasteiger partial charge in [0.05, 0.1) is 30.4 Å². The largest absolute Gasteiger partial charge is 0.479 e. The van der Waals surface area contributed by atoms with E-state index in [1.54, 1.807) is 25.6 Å². The molecule has 1 aliphatic rings. The van der Waals surface area contributed by atoms with Crippen LogP contribution in [-0.2, 0) is 12.7 Å². The Morgan fingerprint density at radius 3 is 2.54 bits per heavy atom. The smallest absolute Gasteiger partial charge is 0.416 e. The maximum absolute atomic E-state index is 12.9. The molecule has 1 unspecified atom stereocenters. The Bertz CT molecular complexity index is 1370. The van der Waals surface area contributed by atoms with Gasteiger partial charge in [-0.3, -0.25) is 0 Å². The van der Waals surface area contributed by atoms with Crippen molar-refractivity contribution < 1.29 is 17.9 Å². The predicted octanol–water partition coefficient (Wildman–Crippen LogP) is 5.29. The summed E-state index contributed by atoms with van der Waals surface area (Å²) in [6, 6.07) is 9.09. The molecule has 4 heterocycles. The van der Waals surface area contributed by atoms with Crippen molar-refractivity contribution in [2.45, 2.75) is 38.4 Å². The number of halogens is 3. The third-order valence-electron chi connectivity index (χ3n) is 5.98. The van der Waals surface area contributed by atoms with Crippen LogP contribution in [0.3, 0.4) is 0 Å². The second-order valence-corrected chi connectivity index (χ2v) is 8.39. The van der Waals surface area contributed by atoms with Gasteiger partial charge in [-0.1, -0.05) is 12.1 Å². The number of aromatic nitrogens is 6. The molecule has 10 heteroatoms. The Balaban J connectivity index is 1.38. The molecule has 0 aliphatic carbocycles. The molecule has 3 aromatic heterocycles. The van der Waals surface area contributed by atoms with Gasteiger partial charge in [0.2, 0.25) is 5.88 Å². The Hall–Kier alpha value is -3.95. The van der Waals surface area contributed by atoms with Gasteiger partial charge in [0.25, 0.3) is 0 Å². The second-order valence-electron chi connectivity index (χ2n) is 8.39. The number of pyridine rings is 1. The van der Waals surface area contributed by atoms with Crippen molar-refractivity contribution in [2.75, 3.05) is 7.11 Å². The minimum absolute atomic E-state index is 0.100. The number of ether oxygens (including phenoxy) is 1. The van der Waals surface area contributed by atoms with Gasteiger partial charge < -0.3 is 9.30 Å². The lowest BCUT2D eigenvalue weighted by atomic mass is 9.90. The molecule has 0 saturated heterocycles. The first-order chi connectivity index (χ1) is 16.8. The topological polar surface area (TPSA) is 70.7 Å². The molecule has 180 valence electrons. The number of nitrogens with zero attached hydrogens (tertiary/aromatic N) is 6. The third kappa shape index (κ3) is 4.68. The standard InChI is InChI=1S/C25H23F3N6O/c1-16-14-33(15-29-16)21-11-9-19(30-24(21)35-2)10-12-22-31-23-20(4-3-13-34(23)32-22)17-5-7-18(8-6-17)25(26,27)28/h5-12,14-15,20H,3-4,13H2,1-2H3/b12-10+. The number of hydrogen-bond acceptors (Lipinski definition) is 5. The molecule has 1 aliphatic heterocycles. The highest BCUT2D eigenvalue weighted by molar-refractivity contribution is 5.65. The van der Waals surface area contributed by atoms with Gasteiger partial charge in [-0.05, 0) is 61.7 Å². The molecule has 1 atom stereocenters. The SMILES string of the molecule is COc1nc(/C=C/c2nc3n(n2)CCCC3c2ccc(C(F)(F)F)cc2)ccc1-n1cnc(C)c1. The highest BCUT2D eigenvalue weighted by Gasteiger charge is 2.31. The average molecular weight is 480 g/mol. The molecule has 4 aromatic rings. The van der Waals surface area contributed by atoms with E-state index in [9.17, 15) is 13.2 Å². The number of imidazole rings is 1. The van der Waals surface area contributed by atoms with E-state index >= 15 is 0 Å². The molecule has 1 aromatic carbocycles. The highest BCUT2D eigenvalue weighted by atomic mass is 19.4. The fourth-order valence-electron chi connectivity index (χ4n) is 4.26. The van der Waals surface area contributed by atoms with Gasteiger partial charge in [0, 0.05) is 18.7 Å².